The maximum atomic E-state index is 12.3. The lowest BCUT2D eigenvalue weighted by Crippen LogP contribution is -2.33. The molecule has 1 aliphatic rings. The molecule has 1 aromatic rings. The van der Waals surface area contributed by atoms with Crippen molar-refractivity contribution in [1.29, 1.82) is 0 Å². The van der Waals surface area contributed by atoms with Crippen LogP contribution >= 0.6 is 0 Å². The van der Waals surface area contributed by atoms with E-state index in [9.17, 15) is 22.8 Å². The van der Waals surface area contributed by atoms with Crippen molar-refractivity contribution >= 4 is 11.9 Å². The van der Waals surface area contributed by atoms with E-state index in [1.807, 2.05) is 0 Å². The molecule has 0 unspecified atom stereocenters. The molecule has 8 heteroatoms. The summed E-state index contributed by atoms with van der Waals surface area (Å²) in [6, 6.07) is 1.51. The minimum Gasteiger partial charge on any atom is -0.481 e. The van der Waals surface area contributed by atoms with Gasteiger partial charge in [-0.25, -0.2) is 0 Å². The van der Waals surface area contributed by atoms with E-state index in [0.29, 0.717) is 19.3 Å². The molecule has 1 saturated carbocycles. The molecule has 1 heterocycles. The van der Waals surface area contributed by atoms with Gasteiger partial charge in [-0.15, -0.1) is 0 Å². The van der Waals surface area contributed by atoms with E-state index in [0.717, 1.165) is 18.3 Å². The van der Waals surface area contributed by atoms with Crippen LogP contribution in [0, 0.1) is 5.92 Å². The van der Waals surface area contributed by atoms with E-state index in [1.54, 1.807) is 0 Å². The number of aliphatic carboxylic acids is 1. The molecule has 1 amide bonds. The van der Waals surface area contributed by atoms with Gasteiger partial charge in [-0.2, -0.15) is 13.2 Å². The van der Waals surface area contributed by atoms with E-state index in [4.69, 9.17) is 5.11 Å². The van der Waals surface area contributed by atoms with Gasteiger partial charge in [0.15, 0.2) is 0 Å². The van der Waals surface area contributed by atoms with E-state index < -0.39 is 29.7 Å². The lowest BCUT2D eigenvalue weighted by atomic mass is 10.1. The second kappa shape index (κ2) is 5.71. The summed E-state index contributed by atoms with van der Waals surface area (Å²) < 4.78 is 37.0. The van der Waals surface area contributed by atoms with Gasteiger partial charge in [0.25, 0.3) is 5.91 Å². The molecule has 0 aromatic carbocycles. The molecule has 114 valence electrons. The summed E-state index contributed by atoms with van der Waals surface area (Å²) in [7, 11) is 0. The van der Waals surface area contributed by atoms with Crippen LogP contribution in [0.15, 0.2) is 18.3 Å². The van der Waals surface area contributed by atoms with Crippen LogP contribution in [0.1, 0.15) is 35.3 Å². The third-order valence-electron chi connectivity index (χ3n) is 3.43. The fourth-order valence-electron chi connectivity index (χ4n) is 2.30. The summed E-state index contributed by atoms with van der Waals surface area (Å²) in [6.07, 6.45) is -2.34. The number of hydrogen-bond donors (Lipinski definition) is 2. The molecule has 0 bridgehead atoms. The zero-order valence-electron chi connectivity index (χ0n) is 10.9. The number of hydrogen-bond acceptors (Lipinski definition) is 3. The van der Waals surface area contributed by atoms with Gasteiger partial charge in [-0.05, 0) is 31.4 Å². The first-order valence-electron chi connectivity index (χ1n) is 6.34. The van der Waals surface area contributed by atoms with Crippen LogP contribution in [0.3, 0.4) is 0 Å². The van der Waals surface area contributed by atoms with E-state index in [-0.39, 0.29) is 11.6 Å². The molecule has 2 N–H and O–H groups in total. The predicted octanol–water partition coefficient (Wildman–Crippen LogP) is 2.08. The van der Waals surface area contributed by atoms with Gasteiger partial charge in [-0.3, -0.25) is 14.6 Å². The first-order chi connectivity index (χ1) is 9.77. The third kappa shape index (κ3) is 3.71. The van der Waals surface area contributed by atoms with Crippen molar-refractivity contribution in [3.05, 3.63) is 29.6 Å². The summed E-state index contributed by atoms with van der Waals surface area (Å²) in [5, 5.41) is 11.5. The summed E-state index contributed by atoms with van der Waals surface area (Å²) in [4.78, 5) is 25.9. The fourth-order valence-corrected chi connectivity index (χ4v) is 2.30. The zero-order valence-corrected chi connectivity index (χ0v) is 10.9. The first-order valence-corrected chi connectivity index (χ1v) is 6.34. The summed E-state index contributed by atoms with van der Waals surface area (Å²) >= 11 is 0. The molecule has 1 aliphatic carbocycles. The Morgan fingerprint density at radius 3 is 2.48 bits per heavy atom. The van der Waals surface area contributed by atoms with Gasteiger partial charge in [-0.1, -0.05) is 0 Å². The number of aromatic nitrogens is 1. The highest BCUT2D eigenvalue weighted by molar-refractivity contribution is 5.94. The van der Waals surface area contributed by atoms with Crippen LogP contribution in [-0.2, 0) is 11.0 Å². The van der Waals surface area contributed by atoms with Crippen molar-refractivity contribution < 1.29 is 27.9 Å². The van der Waals surface area contributed by atoms with Crippen molar-refractivity contribution in [1.82, 2.24) is 10.3 Å². The van der Waals surface area contributed by atoms with Crippen LogP contribution in [0.5, 0.6) is 0 Å². The number of carbonyl (C=O) groups is 2. The maximum absolute atomic E-state index is 12.3. The summed E-state index contributed by atoms with van der Waals surface area (Å²) in [5.74, 6) is -1.93. The third-order valence-corrected chi connectivity index (χ3v) is 3.43. The number of carbonyl (C=O) groups excluding carboxylic acids is 1. The van der Waals surface area contributed by atoms with Gasteiger partial charge < -0.3 is 10.4 Å². The highest BCUT2D eigenvalue weighted by atomic mass is 19.4. The molecular weight excluding hydrogens is 289 g/mol. The Labute approximate surface area is 118 Å². The van der Waals surface area contributed by atoms with Crippen LogP contribution in [0.4, 0.5) is 13.2 Å². The number of halogens is 3. The average molecular weight is 302 g/mol. The van der Waals surface area contributed by atoms with Crippen molar-refractivity contribution in [2.75, 3.05) is 0 Å². The van der Waals surface area contributed by atoms with E-state index >= 15 is 0 Å². The zero-order chi connectivity index (χ0) is 15.6. The van der Waals surface area contributed by atoms with Gasteiger partial charge in [0.1, 0.15) is 5.69 Å². The fraction of sp³-hybridized carbons (Fsp3) is 0.462. The topological polar surface area (TPSA) is 79.3 Å². The Kier molecular flexibility index (Phi) is 4.15. The molecule has 5 nitrogen and oxygen atoms in total. The molecule has 0 radical (unpaired) electrons. The second-order valence-electron chi connectivity index (χ2n) is 4.95. The van der Waals surface area contributed by atoms with Crippen LogP contribution in [0.25, 0.3) is 0 Å². The number of amides is 1. The number of rotatable bonds is 3. The number of nitrogens with one attached hydrogen (secondary N) is 1. The summed E-state index contributed by atoms with van der Waals surface area (Å²) in [5.41, 5.74) is -1.05. The number of carboxylic acid groups (broad SMARTS) is 1. The number of nitrogens with zero attached hydrogens (tertiary/aromatic N) is 1. The van der Waals surface area contributed by atoms with Crippen molar-refractivity contribution in [2.45, 2.75) is 31.5 Å². The maximum Gasteiger partial charge on any atom is 0.433 e. The Balaban J connectivity index is 1.97. The first kappa shape index (κ1) is 15.3. The number of pyridine rings is 1. The van der Waals surface area contributed by atoms with Gasteiger partial charge >= 0.3 is 12.1 Å². The van der Waals surface area contributed by atoms with E-state index in [2.05, 4.69) is 10.3 Å². The van der Waals surface area contributed by atoms with E-state index in [1.165, 1.54) is 0 Å². The second-order valence-corrected chi connectivity index (χ2v) is 4.95. The molecule has 0 aliphatic heterocycles. The summed E-state index contributed by atoms with van der Waals surface area (Å²) in [6.45, 7) is 0. The highest BCUT2D eigenvalue weighted by Gasteiger charge is 2.33. The Morgan fingerprint density at radius 2 is 2.00 bits per heavy atom. The van der Waals surface area contributed by atoms with Crippen LogP contribution in [0.2, 0.25) is 0 Å². The SMILES string of the molecule is O=C(N[C@H]1CC[C@@H](C(=O)O)C1)c1ccc(C(F)(F)F)nc1. The minimum absolute atomic E-state index is 0.0155. The molecule has 0 saturated heterocycles. The molecule has 21 heavy (non-hydrogen) atoms. The standard InChI is InChI=1S/C13H13F3N2O3/c14-13(15,16)10-4-2-8(6-17-10)11(19)18-9-3-1-7(5-9)12(20)21/h2,4,6-7,9H,1,3,5H2,(H,18,19)(H,20,21)/t7-,9+/m1/s1. The molecule has 2 rings (SSSR count). The highest BCUT2D eigenvalue weighted by Crippen LogP contribution is 2.28. The minimum atomic E-state index is -4.55. The Morgan fingerprint density at radius 1 is 1.29 bits per heavy atom. The van der Waals surface area contributed by atoms with Crippen LogP contribution < -0.4 is 5.32 Å². The average Bonchev–Trinajstić information content (AvgIpc) is 2.86. The lowest BCUT2D eigenvalue weighted by Gasteiger charge is -2.12. The molecule has 1 aromatic heterocycles. The number of carboxylic acids is 1. The van der Waals surface area contributed by atoms with Gasteiger partial charge in [0.2, 0.25) is 0 Å². The Bertz CT molecular complexity index is 543. The Hall–Kier alpha value is -2.12. The molecular formula is C13H13F3N2O3. The van der Waals surface area contributed by atoms with Crippen molar-refractivity contribution in [2.24, 2.45) is 5.92 Å². The predicted molar refractivity (Wildman–Crippen MR) is 65.5 cm³/mol. The number of alkyl halides is 3. The van der Waals surface area contributed by atoms with Crippen LogP contribution in [-0.4, -0.2) is 28.0 Å². The van der Waals surface area contributed by atoms with Gasteiger partial charge in [0, 0.05) is 12.2 Å². The molecule has 1 fully saturated rings. The van der Waals surface area contributed by atoms with Crippen molar-refractivity contribution in [3.8, 4) is 0 Å². The molecule has 2 atom stereocenters. The largest absolute Gasteiger partial charge is 0.481 e. The smallest absolute Gasteiger partial charge is 0.433 e. The lowest BCUT2D eigenvalue weighted by molar-refractivity contribution is -0.142. The quantitative estimate of drug-likeness (QED) is 0.896. The normalized spacial score (nSPS) is 22.0. The van der Waals surface area contributed by atoms with Crippen molar-refractivity contribution in [3.63, 3.8) is 0 Å². The molecule has 0 spiro atoms. The monoisotopic (exact) mass is 302 g/mol. The van der Waals surface area contributed by atoms with Gasteiger partial charge in [0.05, 0.1) is 11.5 Å².